The summed E-state index contributed by atoms with van der Waals surface area (Å²) in [5.74, 6) is -1.93. The molecular formula is C16H31N5O4. The molecule has 25 heavy (non-hydrogen) atoms. The molecule has 0 aliphatic rings. The minimum atomic E-state index is -0.898. The average Bonchev–Trinajstić information content (AvgIpc) is 2.54. The average molecular weight is 357 g/mol. The van der Waals surface area contributed by atoms with Gasteiger partial charge in [-0.05, 0) is 12.8 Å². The molecule has 0 heterocycles. The summed E-state index contributed by atoms with van der Waals surface area (Å²) in [5.41, 5.74) is 10.3. The van der Waals surface area contributed by atoms with Crippen molar-refractivity contribution in [3.8, 4) is 0 Å². The number of carbonyl (C=O) groups is 3. The van der Waals surface area contributed by atoms with Gasteiger partial charge in [-0.25, -0.2) is 0 Å². The highest BCUT2D eigenvalue weighted by atomic mass is 16.4. The molecule has 9 heteroatoms. The van der Waals surface area contributed by atoms with Crippen molar-refractivity contribution < 1.29 is 19.5 Å². The Morgan fingerprint density at radius 2 is 1.72 bits per heavy atom. The standard InChI is InChI=1S/C16H31N5O4/c1-2-3-4-6-12(15(24)25)11-21-14(23)8-10-19-13(22)7-5-9-20-16(17)18/h12H,2-11H2,1H3,(H,19,22)(H,21,23)(H,24,25)(H4,17,18,20). The summed E-state index contributed by atoms with van der Waals surface area (Å²) >= 11 is 0. The van der Waals surface area contributed by atoms with Gasteiger partial charge in [0.15, 0.2) is 5.96 Å². The minimum Gasteiger partial charge on any atom is -0.481 e. The van der Waals surface area contributed by atoms with Gasteiger partial charge in [0.2, 0.25) is 11.8 Å². The van der Waals surface area contributed by atoms with Gasteiger partial charge in [0, 0.05) is 32.5 Å². The summed E-state index contributed by atoms with van der Waals surface area (Å²) in [7, 11) is 0. The summed E-state index contributed by atoms with van der Waals surface area (Å²) in [6.45, 7) is 2.75. The van der Waals surface area contributed by atoms with Crippen molar-refractivity contribution in [1.82, 2.24) is 10.6 Å². The van der Waals surface area contributed by atoms with Crippen LogP contribution in [-0.2, 0) is 14.4 Å². The zero-order valence-corrected chi connectivity index (χ0v) is 14.9. The Labute approximate surface area is 148 Å². The molecule has 144 valence electrons. The lowest BCUT2D eigenvalue weighted by molar-refractivity contribution is -0.142. The Bertz CT molecular complexity index is 450. The largest absolute Gasteiger partial charge is 0.481 e. The van der Waals surface area contributed by atoms with Crippen LogP contribution in [0.3, 0.4) is 0 Å². The molecule has 0 aromatic carbocycles. The van der Waals surface area contributed by atoms with Gasteiger partial charge < -0.3 is 27.2 Å². The lowest BCUT2D eigenvalue weighted by atomic mass is 10.0. The van der Waals surface area contributed by atoms with E-state index in [0.717, 1.165) is 19.3 Å². The molecule has 0 bridgehead atoms. The molecule has 0 saturated carbocycles. The van der Waals surface area contributed by atoms with E-state index < -0.39 is 11.9 Å². The first-order valence-corrected chi connectivity index (χ1v) is 8.68. The molecule has 1 atom stereocenters. The number of nitrogens with one attached hydrogen (secondary N) is 2. The third kappa shape index (κ3) is 13.8. The number of carboxylic acid groups (broad SMARTS) is 1. The van der Waals surface area contributed by atoms with E-state index in [1.165, 1.54) is 0 Å². The predicted octanol–water partition coefficient (Wildman–Crippen LogP) is -0.0564. The van der Waals surface area contributed by atoms with Crippen molar-refractivity contribution >= 4 is 23.7 Å². The maximum atomic E-state index is 11.7. The number of amides is 2. The van der Waals surface area contributed by atoms with Gasteiger partial charge in [0.1, 0.15) is 0 Å². The quantitative estimate of drug-likeness (QED) is 0.166. The number of carboxylic acids is 1. The molecule has 0 saturated heterocycles. The Hall–Kier alpha value is -2.32. The highest BCUT2D eigenvalue weighted by Crippen LogP contribution is 2.09. The summed E-state index contributed by atoms with van der Waals surface area (Å²) in [4.78, 5) is 38.2. The summed E-state index contributed by atoms with van der Waals surface area (Å²) in [6.07, 6.45) is 4.29. The summed E-state index contributed by atoms with van der Waals surface area (Å²) in [6, 6.07) is 0. The first-order valence-electron chi connectivity index (χ1n) is 8.68. The summed E-state index contributed by atoms with van der Waals surface area (Å²) < 4.78 is 0. The second-order valence-corrected chi connectivity index (χ2v) is 5.85. The smallest absolute Gasteiger partial charge is 0.308 e. The van der Waals surface area contributed by atoms with Crippen LogP contribution >= 0.6 is 0 Å². The van der Waals surface area contributed by atoms with Crippen molar-refractivity contribution in [3.63, 3.8) is 0 Å². The third-order valence-electron chi connectivity index (χ3n) is 3.58. The van der Waals surface area contributed by atoms with E-state index in [1.807, 2.05) is 6.92 Å². The number of nitrogens with two attached hydrogens (primary N) is 2. The highest BCUT2D eigenvalue weighted by molar-refractivity contribution is 5.79. The fourth-order valence-corrected chi connectivity index (χ4v) is 2.13. The van der Waals surface area contributed by atoms with Crippen LogP contribution in [0.5, 0.6) is 0 Å². The predicted molar refractivity (Wildman–Crippen MR) is 95.8 cm³/mol. The number of hydrogen-bond donors (Lipinski definition) is 5. The van der Waals surface area contributed by atoms with Crippen molar-refractivity contribution in [1.29, 1.82) is 0 Å². The number of guanidine groups is 1. The van der Waals surface area contributed by atoms with E-state index in [9.17, 15) is 14.4 Å². The van der Waals surface area contributed by atoms with Gasteiger partial charge in [-0.15, -0.1) is 0 Å². The molecule has 0 fully saturated rings. The van der Waals surface area contributed by atoms with Gasteiger partial charge in [0.25, 0.3) is 0 Å². The molecule has 0 aliphatic heterocycles. The minimum absolute atomic E-state index is 0.00793. The molecule has 0 aliphatic carbocycles. The van der Waals surface area contributed by atoms with E-state index in [4.69, 9.17) is 16.6 Å². The van der Waals surface area contributed by atoms with Crippen LogP contribution in [0, 0.1) is 5.92 Å². The Morgan fingerprint density at radius 1 is 1.04 bits per heavy atom. The maximum absolute atomic E-state index is 11.7. The van der Waals surface area contributed by atoms with Crippen LogP contribution in [0.2, 0.25) is 0 Å². The van der Waals surface area contributed by atoms with Crippen molar-refractivity contribution in [2.75, 3.05) is 19.6 Å². The van der Waals surface area contributed by atoms with E-state index in [1.54, 1.807) is 0 Å². The third-order valence-corrected chi connectivity index (χ3v) is 3.58. The van der Waals surface area contributed by atoms with E-state index in [2.05, 4.69) is 15.6 Å². The van der Waals surface area contributed by atoms with Crippen LogP contribution in [0.25, 0.3) is 0 Å². The van der Waals surface area contributed by atoms with Gasteiger partial charge in [-0.1, -0.05) is 26.2 Å². The Kier molecular flexibility index (Phi) is 12.8. The number of nitrogens with zero attached hydrogens (tertiary/aromatic N) is 1. The van der Waals surface area contributed by atoms with Crippen molar-refractivity contribution in [2.45, 2.75) is 51.9 Å². The number of rotatable bonds is 14. The SMILES string of the molecule is CCCCCC(CNC(=O)CCNC(=O)CCCN=C(N)N)C(=O)O. The van der Waals surface area contributed by atoms with E-state index in [0.29, 0.717) is 19.4 Å². The molecule has 0 rings (SSSR count). The molecule has 9 nitrogen and oxygen atoms in total. The number of carbonyl (C=O) groups excluding carboxylic acids is 2. The molecule has 0 aromatic rings. The number of hydrogen-bond acceptors (Lipinski definition) is 4. The van der Waals surface area contributed by atoms with Crippen molar-refractivity contribution in [2.24, 2.45) is 22.4 Å². The molecule has 0 aromatic heterocycles. The molecule has 1 unspecified atom stereocenters. The lowest BCUT2D eigenvalue weighted by Crippen LogP contribution is -2.35. The summed E-state index contributed by atoms with van der Waals surface area (Å²) in [5, 5.41) is 14.4. The van der Waals surface area contributed by atoms with Gasteiger partial charge in [-0.3, -0.25) is 19.4 Å². The van der Waals surface area contributed by atoms with Gasteiger partial charge in [-0.2, -0.15) is 0 Å². The normalized spacial score (nSPS) is 11.4. The second-order valence-electron chi connectivity index (χ2n) is 5.85. The van der Waals surface area contributed by atoms with Crippen LogP contribution in [0.1, 0.15) is 51.9 Å². The molecule has 2 amide bonds. The maximum Gasteiger partial charge on any atom is 0.308 e. The fraction of sp³-hybridized carbons (Fsp3) is 0.750. The van der Waals surface area contributed by atoms with Crippen LogP contribution in [0.15, 0.2) is 4.99 Å². The fourth-order valence-electron chi connectivity index (χ4n) is 2.13. The highest BCUT2D eigenvalue weighted by Gasteiger charge is 2.17. The topological polar surface area (TPSA) is 160 Å². The lowest BCUT2D eigenvalue weighted by Gasteiger charge is -2.13. The Morgan fingerprint density at radius 3 is 2.32 bits per heavy atom. The van der Waals surface area contributed by atoms with Crippen molar-refractivity contribution in [3.05, 3.63) is 0 Å². The monoisotopic (exact) mass is 357 g/mol. The zero-order chi connectivity index (χ0) is 19.1. The number of unbranched alkanes of at least 4 members (excludes halogenated alkanes) is 2. The first-order chi connectivity index (χ1) is 11.9. The first kappa shape index (κ1) is 22.7. The number of aliphatic imine (C=N–C) groups is 1. The zero-order valence-electron chi connectivity index (χ0n) is 14.9. The molecular weight excluding hydrogens is 326 g/mol. The van der Waals surface area contributed by atoms with Crippen LogP contribution in [0.4, 0.5) is 0 Å². The van der Waals surface area contributed by atoms with Gasteiger partial charge >= 0.3 is 5.97 Å². The Balaban J connectivity index is 3.85. The van der Waals surface area contributed by atoms with Crippen LogP contribution in [-0.4, -0.2) is 48.5 Å². The van der Waals surface area contributed by atoms with Crippen LogP contribution < -0.4 is 22.1 Å². The number of aliphatic carboxylic acids is 1. The van der Waals surface area contributed by atoms with E-state index >= 15 is 0 Å². The molecule has 0 spiro atoms. The van der Waals surface area contributed by atoms with E-state index in [-0.39, 0.29) is 43.7 Å². The molecule has 7 N–H and O–H groups in total. The molecule has 0 radical (unpaired) electrons. The second kappa shape index (κ2) is 14.1. The van der Waals surface area contributed by atoms with Gasteiger partial charge in [0.05, 0.1) is 5.92 Å².